The Morgan fingerprint density at radius 2 is 1.81 bits per heavy atom. The maximum absolute atomic E-state index is 12.5. The van der Waals surface area contributed by atoms with Crippen LogP contribution in [-0.4, -0.2) is 49.3 Å². The average Bonchev–Trinajstić information content (AvgIpc) is 3.02. The van der Waals surface area contributed by atoms with Crippen molar-refractivity contribution in [3.05, 3.63) is 63.5 Å². The minimum Gasteiger partial charge on any atom is -0.493 e. The molecule has 0 radical (unpaired) electrons. The lowest BCUT2D eigenvalue weighted by molar-refractivity contribution is -0.124. The number of carbonyl (C=O) groups excluding carboxylic acids is 3. The van der Waals surface area contributed by atoms with Gasteiger partial charge in [-0.1, -0.05) is 29.8 Å². The van der Waals surface area contributed by atoms with Crippen molar-refractivity contribution in [3.8, 4) is 11.5 Å². The van der Waals surface area contributed by atoms with Gasteiger partial charge in [-0.15, -0.1) is 0 Å². The van der Waals surface area contributed by atoms with Crippen molar-refractivity contribution in [1.29, 1.82) is 0 Å². The fourth-order valence-electron chi connectivity index (χ4n) is 2.95. The van der Waals surface area contributed by atoms with E-state index in [9.17, 15) is 14.4 Å². The summed E-state index contributed by atoms with van der Waals surface area (Å²) in [5.74, 6) is 0.519. The Bertz CT molecular complexity index is 1020. The first-order valence-corrected chi connectivity index (χ1v) is 10.6. The number of benzene rings is 2. The highest BCUT2D eigenvalue weighted by atomic mass is 35.5. The fourth-order valence-corrected chi connectivity index (χ4v) is 3.94. The standard InChI is InChI=1S/C22H21ClN2O5S/c1-29-17-8-5-15(11-18(17)30-2)13-20(26)24-9-10-25-21(27)19(31-22(25)28)12-14-3-6-16(23)7-4-14/h3-8,11-12H,9-10,13H2,1-2H3,(H,24,26)/b19-12+. The molecule has 1 heterocycles. The molecule has 162 valence electrons. The molecule has 7 nitrogen and oxygen atoms in total. The van der Waals surface area contributed by atoms with Crippen molar-refractivity contribution < 1.29 is 23.9 Å². The van der Waals surface area contributed by atoms with Crippen LogP contribution >= 0.6 is 23.4 Å². The zero-order valence-corrected chi connectivity index (χ0v) is 18.6. The summed E-state index contributed by atoms with van der Waals surface area (Å²) in [5, 5.41) is 2.97. The van der Waals surface area contributed by atoms with E-state index in [1.807, 2.05) is 0 Å². The number of rotatable bonds is 8. The van der Waals surface area contributed by atoms with Crippen molar-refractivity contribution >= 4 is 46.5 Å². The van der Waals surface area contributed by atoms with E-state index < -0.39 is 0 Å². The van der Waals surface area contributed by atoms with Gasteiger partial charge < -0.3 is 14.8 Å². The molecule has 0 aliphatic carbocycles. The van der Waals surface area contributed by atoms with Crippen molar-refractivity contribution in [3.63, 3.8) is 0 Å². The zero-order valence-electron chi connectivity index (χ0n) is 17.0. The van der Waals surface area contributed by atoms with Crippen LogP contribution in [0, 0.1) is 0 Å². The molecule has 0 aromatic heterocycles. The van der Waals surface area contributed by atoms with Crippen molar-refractivity contribution in [2.24, 2.45) is 0 Å². The van der Waals surface area contributed by atoms with E-state index >= 15 is 0 Å². The van der Waals surface area contributed by atoms with Crippen LogP contribution in [0.3, 0.4) is 0 Å². The highest BCUT2D eigenvalue weighted by Gasteiger charge is 2.34. The van der Waals surface area contributed by atoms with Gasteiger partial charge in [0.1, 0.15) is 0 Å². The number of thioether (sulfide) groups is 1. The largest absolute Gasteiger partial charge is 0.493 e. The normalized spacial score (nSPS) is 14.8. The second-order valence-corrected chi connectivity index (χ2v) is 8.03. The Kier molecular flexibility index (Phi) is 7.59. The topological polar surface area (TPSA) is 84.9 Å². The minimum atomic E-state index is -0.376. The number of nitrogens with zero attached hydrogens (tertiary/aromatic N) is 1. The van der Waals surface area contributed by atoms with E-state index in [4.69, 9.17) is 21.1 Å². The lowest BCUT2D eigenvalue weighted by Gasteiger charge is -2.13. The Labute approximate surface area is 189 Å². The molecule has 0 saturated carbocycles. The number of hydrogen-bond donors (Lipinski definition) is 1. The summed E-state index contributed by atoms with van der Waals surface area (Å²) in [6.45, 7) is 0.263. The van der Waals surface area contributed by atoms with E-state index in [1.165, 1.54) is 7.11 Å². The SMILES string of the molecule is COc1ccc(CC(=O)NCCN2C(=O)S/C(=C/c3ccc(Cl)cc3)C2=O)cc1OC. The number of methoxy groups -OCH3 is 2. The number of carbonyl (C=O) groups is 3. The van der Waals surface area contributed by atoms with E-state index in [0.717, 1.165) is 27.8 Å². The van der Waals surface area contributed by atoms with Gasteiger partial charge in [0.15, 0.2) is 11.5 Å². The molecule has 1 aliphatic rings. The Morgan fingerprint density at radius 1 is 1.10 bits per heavy atom. The van der Waals surface area contributed by atoms with Gasteiger partial charge in [0.25, 0.3) is 11.1 Å². The predicted octanol–water partition coefficient (Wildman–Crippen LogP) is 3.75. The Balaban J connectivity index is 1.53. The van der Waals surface area contributed by atoms with Crippen LogP contribution in [0.15, 0.2) is 47.4 Å². The number of amides is 3. The molecular formula is C22H21ClN2O5S. The third-order valence-electron chi connectivity index (χ3n) is 4.51. The number of ether oxygens (including phenoxy) is 2. The van der Waals surface area contributed by atoms with Gasteiger partial charge in [0.05, 0.1) is 25.5 Å². The molecular weight excluding hydrogens is 440 g/mol. The maximum Gasteiger partial charge on any atom is 0.293 e. The van der Waals surface area contributed by atoms with Gasteiger partial charge in [-0.25, -0.2) is 0 Å². The molecule has 1 aliphatic heterocycles. The molecule has 1 N–H and O–H groups in total. The monoisotopic (exact) mass is 460 g/mol. The Hall–Kier alpha value is -2.97. The van der Waals surface area contributed by atoms with Gasteiger partial charge in [-0.3, -0.25) is 19.3 Å². The van der Waals surface area contributed by atoms with Crippen LogP contribution in [0.25, 0.3) is 6.08 Å². The van der Waals surface area contributed by atoms with Crippen LogP contribution in [0.1, 0.15) is 11.1 Å². The first kappa shape index (κ1) is 22.7. The smallest absolute Gasteiger partial charge is 0.293 e. The van der Waals surface area contributed by atoms with Gasteiger partial charge in [0.2, 0.25) is 5.91 Å². The summed E-state index contributed by atoms with van der Waals surface area (Å²) in [6.07, 6.45) is 1.79. The number of imide groups is 1. The molecule has 31 heavy (non-hydrogen) atoms. The zero-order chi connectivity index (χ0) is 22.4. The van der Waals surface area contributed by atoms with E-state index in [0.29, 0.717) is 21.4 Å². The average molecular weight is 461 g/mol. The van der Waals surface area contributed by atoms with Crippen LogP contribution in [0.2, 0.25) is 5.02 Å². The molecule has 3 rings (SSSR count). The number of hydrogen-bond acceptors (Lipinski definition) is 6. The molecule has 9 heteroatoms. The van der Waals surface area contributed by atoms with Crippen LogP contribution in [-0.2, 0) is 16.0 Å². The van der Waals surface area contributed by atoms with E-state index in [1.54, 1.807) is 55.7 Å². The first-order chi connectivity index (χ1) is 14.9. The minimum absolute atomic E-state index is 0.0975. The molecule has 2 aromatic carbocycles. The van der Waals surface area contributed by atoms with Gasteiger partial charge >= 0.3 is 0 Å². The molecule has 0 spiro atoms. The molecule has 0 bridgehead atoms. The summed E-state index contributed by atoms with van der Waals surface area (Å²) >= 11 is 6.74. The third kappa shape index (κ3) is 5.80. The molecule has 1 saturated heterocycles. The van der Waals surface area contributed by atoms with Crippen LogP contribution in [0.5, 0.6) is 11.5 Å². The summed E-state index contributed by atoms with van der Waals surface area (Å²) in [6, 6.07) is 12.2. The molecule has 1 fully saturated rings. The van der Waals surface area contributed by atoms with E-state index in [2.05, 4.69) is 5.32 Å². The van der Waals surface area contributed by atoms with E-state index in [-0.39, 0.29) is 36.6 Å². The molecule has 0 unspecified atom stereocenters. The second-order valence-electron chi connectivity index (χ2n) is 6.60. The summed E-state index contributed by atoms with van der Waals surface area (Å²) in [5.41, 5.74) is 1.53. The number of halogens is 1. The highest BCUT2D eigenvalue weighted by molar-refractivity contribution is 8.18. The Morgan fingerprint density at radius 3 is 2.48 bits per heavy atom. The van der Waals surface area contributed by atoms with Gasteiger partial charge in [-0.2, -0.15) is 0 Å². The quantitative estimate of drug-likeness (QED) is 0.604. The maximum atomic E-state index is 12.5. The predicted molar refractivity (Wildman–Crippen MR) is 120 cm³/mol. The molecule has 3 amide bonds. The molecule has 2 aromatic rings. The summed E-state index contributed by atoms with van der Waals surface area (Å²) in [7, 11) is 3.07. The van der Waals surface area contributed by atoms with Crippen molar-refractivity contribution in [1.82, 2.24) is 10.2 Å². The summed E-state index contributed by atoms with van der Waals surface area (Å²) in [4.78, 5) is 38.4. The lowest BCUT2D eigenvalue weighted by Crippen LogP contribution is -2.37. The highest BCUT2D eigenvalue weighted by Crippen LogP contribution is 2.32. The van der Waals surface area contributed by atoms with Crippen molar-refractivity contribution in [2.75, 3.05) is 27.3 Å². The lowest BCUT2D eigenvalue weighted by atomic mass is 10.1. The summed E-state index contributed by atoms with van der Waals surface area (Å²) < 4.78 is 10.4. The third-order valence-corrected chi connectivity index (χ3v) is 5.67. The second kappa shape index (κ2) is 10.4. The molecule has 0 atom stereocenters. The fraction of sp³-hybridized carbons (Fsp3) is 0.227. The van der Waals surface area contributed by atoms with Gasteiger partial charge in [0, 0.05) is 18.1 Å². The number of nitrogens with one attached hydrogen (secondary N) is 1. The van der Waals surface area contributed by atoms with Gasteiger partial charge in [-0.05, 0) is 53.2 Å². The van der Waals surface area contributed by atoms with Crippen LogP contribution < -0.4 is 14.8 Å². The van der Waals surface area contributed by atoms with Crippen molar-refractivity contribution in [2.45, 2.75) is 6.42 Å². The first-order valence-electron chi connectivity index (χ1n) is 9.40. The van der Waals surface area contributed by atoms with Crippen LogP contribution in [0.4, 0.5) is 4.79 Å².